The van der Waals surface area contributed by atoms with Crippen molar-refractivity contribution in [3.63, 3.8) is 0 Å². The molecule has 8 nitrogen and oxygen atoms in total. The first-order valence-corrected chi connectivity index (χ1v) is 12.9. The third-order valence-electron chi connectivity index (χ3n) is 5.43. The molecule has 1 amide bonds. The molecule has 30 heavy (non-hydrogen) atoms. The van der Waals surface area contributed by atoms with E-state index in [1.165, 1.54) is 4.31 Å². The molecule has 10 heteroatoms. The lowest BCUT2D eigenvalue weighted by Gasteiger charge is -2.31. The summed E-state index contributed by atoms with van der Waals surface area (Å²) in [7, 11) is -3.72. The Morgan fingerprint density at radius 2 is 2.00 bits per heavy atom. The van der Waals surface area contributed by atoms with Crippen LogP contribution in [0.4, 0.5) is 0 Å². The number of rotatable bonds is 10. The van der Waals surface area contributed by atoms with Crippen LogP contribution in [0.2, 0.25) is 0 Å². The average molecular weight is 454 g/mol. The Balaban J connectivity index is 1.62. The first-order valence-electron chi connectivity index (χ1n) is 10.7. The molecule has 1 aliphatic heterocycles. The average Bonchev–Trinajstić information content (AvgIpc) is 3.23. The molecule has 0 radical (unpaired) electrons. The summed E-state index contributed by atoms with van der Waals surface area (Å²) in [5.74, 6) is -0.386. The smallest absolute Gasteiger partial charge is 0.245 e. The second-order valence-electron chi connectivity index (χ2n) is 7.72. The maximum atomic E-state index is 13.2. The first kappa shape index (κ1) is 23.1. The van der Waals surface area contributed by atoms with Gasteiger partial charge in [0.2, 0.25) is 15.9 Å². The number of sulfonamides is 1. The molecule has 2 heterocycles. The van der Waals surface area contributed by atoms with Gasteiger partial charge < -0.3 is 10.2 Å². The number of carbonyl (C=O) groups excluding carboxylic acids is 1. The van der Waals surface area contributed by atoms with Gasteiger partial charge in [0.15, 0.2) is 0 Å². The summed E-state index contributed by atoms with van der Waals surface area (Å²) < 4.78 is 36.2. The van der Waals surface area contributed by atoms with Gasteiger partial charge in [-0.1, -0.05) is 19.9 Å². The van der Waals surface area contributed by atoms with Gasteiger partial charge in [-0.25, -0.2) is 8.42 Å². The summed E-state index contributed by atoms with van der Waals surface area (Å²) >= 11 is 1.00. The second kappa shape index (κ2) is 10.6. The van der Waals surface area contributed by atoms with E-state index in [2.05, 4.69) is 32.8 Å². The van der Waals surface area contributed by atoms with Crippen molar-refractivity contribution in [1.82, 2.24) is 23.3 Å². The molecule has 0 spiro atoms. The van der Waals surface area contributed by atoms with Gasteiger partial charge in [0.05, 0.1) is 17.6 Å². The Morgan fingerprint density at radius 1 is 1.23 bits per heavy atom. The van der Waals surface area contributed by atoms with Crippen molar-refractivity contribution in [2.75, 3.05) is 39.3 Å². The predicted molar refractivity (Wildman–Crippen MR) is 119 cm³/mol. The SMILES string of the molecule is CCCN(CCC)CCNC(=O)[C@@H]1CCCN(S(=O)(=O)c2cccc3nsnc23)C1. The van der Waals surface area contributed by atoms with Crippen LogP contribution in [0.5, 0.6) is 0 Å². The Bertz CT molecular complexity index is 941. The highest BCUT2D eigenvalue weighted by Gasteiger charge is 2.34. The molecule has 1 aromatic heterocycles. The van der Waals surface area contributed by atoms with E-state index in [9.17, 15) is 13.2 Å². The zero-order chi connectivity index (χ0) is 21.6. The van der Waals surface area contributed by atoms with E-state index in [-0.39, 0.29) is 23.3 Å². The normalized spacial score (nSPS) is 18.2. The number of hydrogen-bond donors (Lipinski definition) is 1. The van der Waals surface area contributed by atoms with Crippen LogP contribution in [0.15, 0.2) is 23.1 Å². The van der Waals surface area contributed by atoms with E-state index in [4.69, 9.17) is 0 Å². The van der Waals surface area contributed by atoms with Crippen LogP contribution in [-0.4, -0.2) is 71.5 Å². The van der Waals surface area contributed by atoms with Crippen molar-refractivity contribution < 1.29 is 13.2 Å². The van der Waals surface area contributed by atoms with Gasteiger partial charge in [-0.05, 0) is 50.9 Å². The van der Waals surface area contributed by atoms with E-state index in [0.29, 0.717) is 37.0 Å². The van der Waals surface area contributed by atoms with Crippen LogP contribution in [-0.2, 0) is 14.8 Å². The molecule has 1 aromatic carbocycles. The minimum Gasteiger partial charge on any atom is -0.355 e. The number of hydrogen-bond acceptors (Lipinski definition) is 7. The highest BCUT2D eigenvalue weighted by atomic mass is 32.2. The Labute approximate surface area is 183 Å². The molecule has 1 aliphatic rings. The number of piperidine rings is 1. The summed E-state index contributed by atoms with van der Waals surface area (Å²) in [4.78, 5) is 15.2. The zero-order valence-electron chi connectivity index (χ0n) is 17.7. The van der Waals surface area contributed by atoms with Gasteiger partial charge in [0, 0.05) is 26.2 Å². The molecule has 0 saturated carbocycles. The van der Waals surface area contributed by atoms with Crippen molar-refractivity contribution in [3.05, 3.63) is 18.2 Å². The number of benzene rings is 1. The number of fused-ring (bicyclic) bond motifs is 1. The molecule has 2 aromatic rings. The summed E-state index contributed by atoms with van der Waals surface area (Å²) in [6, 6.07) is 5.01. The summed E-state index contributed by atoms with van der Waals surface area (Å²) in [5, 5.41) is 3.01. The van der Waals surface area contributed by atoms with Crippen molar-refractivity contribution in [2.45, 2.75) is 44.4 Å². The molecule has 1 N–H and O–H groups in total. The second-order valence-corrected chi connectivity index (χ2v) is 10.2. The van der Waals surface area contributed by atoms with Gasteiger partial charge >= 0.3 is 0 Å². The molecule has 0 aliphatic carbocycles. The van der Waals surface area contributed by atoms with E-state index < -0.39 is 10.0 Å². The Hall–Kier alpha value is -1.62. The monoisotopic (exact) mass is 453 g/mol. The van der Waals surface area contributed by atoms with E-state index >= 15 is 0 Å². The van der Waals surface area contributed by atoms with Crippen LogP contribution in [0.3, 0.4) is 0 Å². The molecule has 1 saturated heterocycles. The van der Waals surface area contributed by atoms with E-state index in [1.54, 1.807) is 18.2 Å². The third kappa shape index (κ3) is 5.35. The summed E-state index contributed by atoms with van der Waals surface area (Å²) in [6.45, 7) is 8.39. The molecular weight excluding hydrogens is 422 g/mol. The standard InChI is InChI=1S/C20H31N5O3S2/c1-3-11-24(12-4-2)14-10-21-20(26)16-7-6-13-25(15-16)30(27,28)18-9-5-8-17-19(18)23-29-22-17/h5,8-9,16H,3-4,6-7,10-15H2,1-2H3,(H,21,26)/t16-/m1/s1. The molecule has 1 atom stereocenters. The quantitative estimate of drug-likeness (QED) is 0.593. The topological polar surface area (TPSA) is 95.5 Å². The summed E-state index contributed by atoms with van der Waals surface area (Å²) in [6.07, 6.45) is 3.55. The van der Waals surface area contributed by atoms with Gasteiger partial charge in [0.25, 0.3) is 0 Å². The van der Waals surface area contributed by atoms with Gasteiger partial charge in [-0.2, -0.15) is 13.1 Å². The molecule has 166 valence electrons. The highest BCUT2D eigenvalue weighted by molar-refractivity contribution is 7.89. The minimum atomic E-state index is -3.72. The third-order valence-corrected chi connectivity index (χ3v) is 7.87. The molecule has 0 unspecified atom stereocenters. The van der Waals surface area contributed by atoms with Crippen molar-refractivity contribution >= 4 is 38.7 Å². The van der Waals surface area contributed by atoms with Crippen LogP contribution < -0.4 is 5.32 Å². The minimum absolute atomic E-state index is 0.0589. The molecule has 1 fully saturated rings. The van der Waals surface area contributed by atoms with Crippen molar-refractivity contribution in [2.24, 2.45) is 5.92 Å². The predicted octanol–water partition coefficient (Wildman–Crippen LogP) is 2.33. The van der Waals surface area contributed by atoms with Crippen LogP contribution in [0.25, 0.3) is 11.0 Å². The lowest BCUT2D eigenvalue weighted by Crippen LogP contribution is -2.46. The number of carbonyl (C=O) groups is 1. The zero-order valence-corrected chi connectivity index (χ0v) is 19.3. The largest absolute Gasteiger partial charge is 0.355 e. The lowest BCUT2D eigenvalue weighted by atomic mass is 9.99. The fourth-order valence-corrected chi connectivity index (χ4v) is 6.23. The van der Waals surface area contributed by atoms with Crippen LogP contribution in [0, 0.1) is 5.92 Å². The number of aromatic nitrogens is 2. The van der Waals surface area contributed by atoms with Gasteiger partial charge in [-0.3, -0.25) is 4.79 Å². The number of nitrogens with zero attached hydrogens (tertiary/aromatic N) is 4. The van der Waals surface area contributed by atoms with Gasteiger partial charge in [0.1, 0.15) is 15.9 Å². The fraction of sp³-hybridized carbons (Fsp3) is 0.650. The molecule has 0 bridgehead atoms. The lowest BCUT2D eigenvalue weighted by molar-refractivity contribution is -0.126. The summed E-state index contributed by atoms with van der Waals surface area (Å²) in [5.41, 5.74) is 0.983. The van der Waals surface area contributed by atoms with Gasteiger partial charge in [-0.15, -0.1) is 0 Å². The number of nitrogens with one attached hydrogen (secondary N) is 1. The van der Waals surface area contributed by atoms with Crippen LogP contribution >= 0.6 is 11.7 Å². The fourth-order valence-electron chi connectivity index (χ4n) is 3.95. The van der Waals surface area contributed by atoms with Crippen LogP contribution in [0.1, 0.15) is 39.5 Å². The van der Waals surface area contributed by atoms with E-state index in [1.807, 2.05) is 0 Å². The number of amides is 1. The Kier molecular flexibility index (Phi) is 8.15. The van der Waals surface area contributed by atoms with Crippen molar-refractivity contribution in [1.29, 1.82) is 0 Å². The van der Waals surface area contributed by atoms with Crippen molar-refractivity contribution in [3.8, 4) is 0 Å². The highest BCUT2D eigenvalue weighted by Crippen LogP contribution is 2.28. The maximum Gasteiger partial charge on any atom is 0.245 e. The molecule has 3 rings (SSSR count). The molecular formula is C20H31N5O3S2. The first-order chi connectivity index (χ1) is 14.5. The van der Waals surface area contributed by atoms with E-state index in [0.717, 1.165) is 44.2 Å². The Morgan fingerprint density at radius 3 is 2.73 bits per heavy atom. The maximum absolute atomic E-state index is 13.2.